The lowest BCUT2D eigenvalue weighted by Crippen LogP contribution is -2.43. The van der Waals surface area contributed by atoms with E-state index in [1.54, 1.807) is 10.9 Å². The van der Waals surface area contributed by atoms with Crippen LogP contribution >= 0.6 is 0 Å². The molecule has 0 saturated carbocycles. The lowest BCUT2D eigenvalue weighted by atomic mass is 9.98. The van der Waals surface area contributed by atoms with Gasteiger partial charge in [0.05, 0.1) is 11.7 Å². The Labute approximate surface area is 157 Å². The van der Waals surface area contributed by atoms with E-state index in [2.05, 4.69) is 10.1 Å². The molecule has 136 valence electrons. The smallest absolute Gasteiger partial charge is 0.272 e. The highest BCUT2D eigenvalue weighted by Crippen LogP contribution is 2.43. The second-order valence-corrected chi connectivity index (χ2v) is 7.16. The van der Waals surface area contributed by atoms with Crippen molar-refractivity contribution < 1.29 is 4.79 Å². The van der Waals surface area contributed by atoms with Crippen LogP contribution in [0.5, 0.6) is 0 Å². The zero-order chi connectivity index (χ0) is 18.4. The summed E-state index contributed by atoms with van der Waals surface area (Å²) in [6.45, 7) is 2.69. The van der Waals surface area contributed by atoms with E-state index in [1.165, 1.54) is 0 Å². The van der Waals surface area contributed by atoms with E-state index in [1.807, 2.05) is 54.4 Å². The van der Waals surface area contributed by atoms with Crippen molar-refractivity contribution in [1.29, 1.82) is 0 Å². The molecule has 2 aliphatic heterocycles. The predicted octanol–water partition coefficient (Wildman–Crippen LogP) is 3.26. The van der Waals surface area contributed by atoms with Crippen molar-refractivity contribution >= 4 is 5.91 Å². The Balaban J connectivity index is 1.50. The number of carbonyl (C=O) groups excluding carboxylic acids is 1. The highest BCUT2D eigenvalue weighted by Gasteiger charge is 2.44. The summed E-state index contributed by atoms with van der Waals surface area (Å²) in [5, 5.41) is 4.26. The molecule has 0 spiro atoms. The van der Waals surface area contributed by atoms with Gasteiger partial charge < -0.3 is 4.90 Å². The molecule has 6 nitrogen and oxygen atoms in total. The summed E-state index contributed by atoms with van der Waals surface area (Å²) in [7, 11) is 0. The highest BCUT2D eigenvalue weighted by atomic mass is 16.2. The van der Waals surface area contributed by atoms with E-state index in [4.69, 9.17) is 4.98 Å². The first kappa shape index (κ1) is 16.2. The number of aryl methyl sites for hydroxylation is 1. The van der Waals surface area contributed by atoms with Gasteiger partial charge in [0.25, 0.3) is 5.91 Å². The Morgan fingerprint density at radius 1 is 1.19 bits per heavy atom. The van der Waals surface area contributed by atoms with Gasteiger partial charge in [0.15, 0.2) is 5.82 Å². The van der Waals surface area contributed by atoms with Crippen molar-refractivity contribution in [2.45, 2.75) is 44.8 Å². The second-order valence-electron chi connectivity index (χ2n) is 7.16. The van der Waals surface area contributed by atoms with E-state index in [9.17, 15) is 4.79 Å². The molecule has 0 aliphatic carbocycles. The summed E-state index contributed by atoms with van der Waals surface area (Å²) in [4.78, 5) is 24.7. The van der Waals surface area contributed by atoms with Crippen LogP contribution in [0.25, 0.3) is 11.4 Å². The molecule has 2 atom stereocenters. The van der Waals surface area contributed by atoms with Gasteiger partial charge in [-0.2, -0.15) is 5.10 Å². The first-order valence-corrected chi connectivity index (χ1v) is 9.52. The molecule has 2 aromatic heterocycles. The van der Waals surface area contributed by atoms with Crippen LogP contribution in [0.2, 0.25) is 0 Å². The summed E-state index contributed by atoms with van der Waals surface area (Å²) in [5.74, 6) is 0.831. The summed E-state index contributed by atoms with van der Waals surface area (Å²) in [6, 6.07) is 12.1. The van der Waals surface area contributed by atoms with E-state index in [0.717, 1.165) is 41.9 Å². The first-order valence-electron chi connectivity index (χ1n) is 9.52. The summed E-state index contributed by atoms with van der Waals surface area (Å²) in [6.07, 6.45) is 6.39. The van der Waals surface area contributed by atoms with Crippen LogP contribution in [0.4, 0.5) is 0 Å². The maximum absolute atomic E-state index is 13.2. The fourth-order valence-corrected chi connectivity index (χ4v) is 4.41. The molecule has 27 heavy (non-hydrogen) atoms. The molecule has 4 heterocycles. The van der Waals surface area contributed by atoms with Crippen molar-refractivity contribution in [2.24, 2.45) is 0 Å². The third kappa shape index (κ3) is 2.55. The van der Waals surface area contributed by atoms with Crippen LogP contribution in [0.15, 0.2) is 48.8 Å². The summed E-state index contributed by atoms with van der Waals surface area (Å²) >= 11 is 0. The van der Waals surface area contributed by atoms with Crippen molar-refractivity contribution in [1.82, 2.24) is 24.6 Å². The second kappa shape index (κ2) is 6.30. The lowest BCUT2D eigenvalue weighted by molar-refractivity contribution is 0.0631. The quantitative estimate of drug-likeness (QED) is 0.720. The molecular formula is C21H21N5O. The third-order valence-corrected chi connectivity index (χ3v) is 5.69. The molecule has 6 heteroatoms. The number of nitrogens with zero attached hydrogens (tertiary/aromatic N) is 5. The average molecular weight is 359 g/mol. The molecule has 1 aromatic carbocycles. The molecule has 0 N–H and O–H groups in total. The standard InChI is InChI=1S/C21H21N5O/c1-2-25-19(10-11-23-25)21(27)26-15-8-9-18(26)16-13-22-20(24-17(16)12-15)14-6-4-3-5-7-14/h3-7,10-11,13,15,18H,2,8-9,12H2,1H3/t15-,18+/m0/s1. The number of rotatable bonds is 3. The molecule has 2 aliphatic rings. The molecule has 1 saturated heterocycles. The third-order valence-electron chi connectivity index (χ3n) is 5.69. The lowest BCUT2D eigenvalue weighted by Gasteiger charge is -2.35. The summed E-state index contributed by atoms with van der Waals surface area (Å²) < 4.78 is 1.77. The molecule has 0 unspecified atom stereocenters. The van der Waals surface area contributed by atoms with Crippen molar-refractivity contribution in [3.63, 3.8) is 0 Å². The Kier molecular flexibility index (Phi) is 3.77. The molecule has 5 rings (SSSR count). The minimum atomic E-state index is 0.0660. The predicted molar refractivity (Wildman–Crippen MR) is 101 cm³/mol. The van der Waals surface area contributed by atoms with Gasteiger partial charge in [-0.25, -0.2) is 9.97 Å². The zero-order valence-electron chi connectivity index (χ0n) is 15.2. The SMILES string of the molecule is CCn1nccc1C(=O)N1[C@H]2CC[C@@H]1c1cnc(-c3ccccc3)nc1C2. The van der Waals surface area contributed by atoms with Crippen molar-refractivity contribution in [3.05, 3.63) is 65.7 Å². The minimum absolute atomic E-state index is 0.0660. The van der Waals surface area contributed by atoms with Crippen LogP contribution in [0.3, 0.4) is 0 Å². The van der Waals surface area contributed by atoms with Crippen LogP contribution in [-0.2, 0) is 13.0 Å². The van der Waals surface area contributed by atoms with Crippen LogP contribution in [0, 0.1) is 0 Å². The molecule has 3 aromatic rings. The number of aromatic nitrogens is 4. The largest absolute Gasteiger partial charge is 0.327 e. The maximum atomic E-state index is 13.2. The number of amides is 1. The molecule has 1 amide bonds. The maximum Gasteiger partial charge on any atom is 0.272 e. The normalized spacial score (nSPS) is 20.6. The van der Waals surface area contributed by atoms with E-state index >= 15 is 0 Å². The van der Waals surface area contributed by atoms with Gasteiger partial charge in [-0.15, -0.1) is 0 Å². The molecular weight excluding hydrogens is 338 g/mol. The molecule has 0 radical (unpaired) electrons. The Morgan fingerprint density at radius 3 is 2.85 bits per heavy atom. The van der Waals surface area contributed by atoms with E-state index < -0.39 is 0 Å². The van der Waals surface area contributed by atoms with Crippen LogP contribution in [0.1, 0.15) is 47.6 Å². The highest BCUT2D eigenvalue weighted by molar-refractivity contribution is 5.93. The number of hydrogen-bond acceptors (Lipinski definition) is 4. The van der Waals surface area contributed by atoms with Crippen molar-refractivity contribution in [2.75, 3.05) is 0 Å². The van der Waals surface area contributed by atoms with Gasteiger partial charge in [-0.05, 0) is 25.8 Å². The zero-order valence-corrected chi connectivity index (χ0v) is 15.2. The number of hydrogen-bond donors (Lipinski definition) is 0. The van der Waals surface area contributed by atoms with Crippen LogP contribution in [-0.4, -0.2) is 36.6 Å². The fraction of sp³-hybridized carbons (Fsp3) is 0.333. The monoisotopic (exact) mass is 359 g/mol. The van der Waals surface area contributed by atoms with E-state index in [-0.39, 0.29) is 18.0 Å². The van der Waals surface area contributed by atoms with Crippen LogP contribution < -0.4 is 0 Å². The van der Waals surface area contributed by atoms with Crippen molar-refractivity contribution in [3.8, 4) is 11.4 Å². The fourth-order valence-electron chi connectivity index (χ4n) is 4.41. The van der Waals surface area contributed by atoms with E-state index in [0.29, 0.717) is 12.2 Å². The first-order chi connectivity index (χ1) is 13.3. The van der Waals surface area contributed by atoms with Gasteiger partial charge >= 0.3 is 0 Å². The number of fused-ring (bicyclic) bond motifs is 4. The minimum Gasteiger partial charge on any atom is -0.327 e. The van der Waals surface area contributed by atoms with Gasteiger partial charge in [0.2, 0.25) is 0 Å². The number of benzene rings is 1. The van der Waals surface area contributed by atoms with Gasteiger partial charge in [0, 0.05) is 42.5 Å². The topological polar surface area (TPSA) is 63.9 Å². The molecule has 2 bridgehead atoms. The van der Waals surface area contributed by atoms with Gasteiger partial charge in [0.1, 0.15) is 5.69 Å². The van der Waals surface area contributed by atoms with Gasteiger partial charge in [-0.3, -0.25) is 9.48 Å². The van der Waals surface area contributed by atoms with Gasteiger partial charge in [-0.1, -0.05) is 30.3 Å². The Bertz CT molecular complexity index is 997. The summed E-state index contributed by atoms with van der Waals surface area (Å²) in [5.41, 5.74) is 3.88. The Hall–Kier alpha value is -3.02. The average Bonchev–Trinajstić information content (AvgIpc) is 3.31. The number of carbonyl (C=O) groups is 1. The molecule has 1 fully saturated rings. The Morgan fingerprint density at radius 2 is 2.04 bits per heavy atom.